The molecule has 1 aliphatic carbocycles. The van der Waals surface area contributed by atoms with Crippen LogP contribution in [0.1, 0.15) is 17.7 Å². The predicted molar refractivity (Wildman–Crippen MR) is 50.1 cm³/mol. The molecule has 0 aliphatic heterocycles. The first kappa shape index (κ1) is 8.23. The molecule has 0 aromatic carbocycles. The second-order valence-electron chi connectivity index (χ2n) is 3.24. The summed E-state index contributed by atoms with van der Waals surface area (Å²) in [6.07, 6.45) is 2.48. The van der Waals surface area contributed by atoms with Crippen molar-refractivity contribution < 1.29 is 4.74 Å². The van der Waals surface area contributed by atoms with Crippen LogP contribution in [0.2, 0.25) is 0 Å². The third-order valence-electron chi connectivity index (χ3n) is 2.17. The molecule has 3 heteroatoms. The van der Waals surface area contributed by atoms with Crippen LogP contribution in [0.4, 0.5) is 0 Å². The summed E-state index contributed by atoms with van der Waals surface area (Å²) in [6, 6.07) is 4.54. The van der Waals surface area contributed by atoms with E-state index in [1.165, 1.54) is 4.88 Å². The lowest BCUT2D eigenvalue weighted by atomic mass is 9.90. The maximum absolute atomic E-state index is 5.64. The van der Waals surface area contributed by atoms with Crippen LogP contribution in [-0.2, 0) is 11.3 Å². The number of nitrogens with two attached hydrogens (primary N) is 1. The Hall–Kier alpha value is -0.380. The minimum absolute atomic E-state index is 0.387. The van der Waals surface area contributed by atoms with Gasteiger partial charge in [-0.15, -0.1) is 11.3 Å². The molecule has 2 rings (SSSR count). The summed E-state index contributed by atoms with van der Waals surface area (Å²) in [4.78, 5) is 1.30. The van der Waals surface area contributed by atoms with Gasteiger partial charge >= 0.3 is 0 Å². The number of hydrogen-bond donors (Lipinski definition) is 1. The molecule has 1 aromatic heterocycles. The van der Waals surface area contributed by atoms with Gasteiger partial charge in [0.05, 0.1) is 12.7 Å². The molecule has 1 saturated carbocycles. The quantitative estimate of drug-likeness (QED) is 0.775. The monoisotopic (exact) mass is 183 g/mol. The molecule has 0 spiro atoms. The molecule has 66 valence electrons. The Morgan fingerprint density at radius 3 is 3.00 bits per heavy atom. The van der Waals surface area contributed by atoms with Gasteiger partial charge in [-0.3, -0.25) is 0 Å². The van der Waals surface area contributed by atoms with Gasteiger partial charge in [0.1, 0.15) is 0 Å². The Morgan fingerprint density at radius 1 is 1.58 bits per heavy atom. The lowest BCUT2D eigenvalue weighted by Crippen LogP contribution is -2.41. The zero-order chi connectivity index (χ0) is 8.39. The van der Waals surface area contributed by atoms with Crippen molar-refractivity contribution in [3.63, 3.8) is 0 Å². The molecule has 0 radical (unpaired) electrons. The van der Waals surface area contributed by atoms with E-state index in [1.807, 2.05) is 0 Å². The zero-order valence-corrected chi connectivity index (χ0v) is 7.72. The van der Waals surface area contributed by atoms with Gasteiger partial charge in [-0.1, -0.05) is 6.07 Å². The van der Waals surface area contributed by atoms with E-state index in [-0.39, 0.29) is 0 Å². The minimum Gasteiger partial charge on any atom is -0.373 e. The van der Waals surface area contributed by atoms with Gasteiger partial charge in [0.2, 0.25) is 0 Å². The molecule has 1 aliphatic rings. The van der Waals surface area contributed by atoms with Crippen molar-refractivity contribution in [1.29, 1.82) is 0 Å². The SMILES string of the molecule is NC1CC(OCc2cccs2)C1. The van der Waals surface area contributed by atoms with Crippen LogP contribution < -0.4 is 5.73 Å². The minimum atomic E-state index is 0.387. The average molecular weight is 183 g/mol. The second-order valence-corrected chi connectivity index (χ2v) is 4.28. The van der Waals surface area contributed by atoms with E-state index >= 15 is 0 Å². The van der Waals surface area contributed by atoms with E-state index < -0.39 is 0 Å². The Morgan fingerprint density at radius 2 is 2.42 bits per heavy atom. The average Bonchev–Trinajstić information content (AvgIpc) is 2.47. The van der Waals surface area contributed by atoms with Crippen molar-refractivity contribution in [2.24, 2.45) is 5.73 Å². The standard InChI is InChI=1S/C9H13NOS/c10-7-4-8(5-7)11-6-9-2-1-3-12-9/h1-3,7-8H,4-6,10H2. The first-order valence-corrected chi connectivity index (χ1v) is 5.12. The molecule has 0 bridgehead atoms. The van der Waals surface area contributed by atoms with Crippen LogP contribution >= 0.6 is 11.3 Å². The van der Waals surface area contributed by atoms with Crippen LogP contribution in [0.25, 0.3) is 0 Å². The van der Waals surface area contributed by atoms with Gasteiger partial charge < -0.3 is 10.5 Å². The molecule has 0 saturated heterocycles. The van der Waals surface area contributed by atoms with Gasteiger partial charge in [-0.2, -0.15) is 0 Å². The molecular weight excluding hydrogens is 170 g/mol. The lowest BCUT2D eigenvalue weighted by molar-refractivity contribution is -0.0177. The maximum atomic E-state index is 5.64. The Kier molecular flexibility index (Phi) is 2.44. The summed E-state index contributed by atoms with van der Waals surface area (Å²) in [6.45, 7) is 0.759. The third-order valence-corrected chi connectivity index (χ3v) is 3.02. The molecular formula is C9H13NOS. The fraction of sp³-hybridized carbons (Fsp3) is 0.556. The first-order chi connectivity index (χ1) is 5.84. The Labute approximate surface area is 76.3 Å². The van der Waals surface area contributed by atoms with Gasteiger partial charge in [0.15, 0.2) is 0 Å². The molecule has 2 N–H and O–H groups in total. The normalized spacial score (nSPS) is 28.4. The van der Waals surface area contributed by atoms with E-state index in [4.69, 9.17) is 10.5 Å². The predicted octanol–water partition coefficient (Wildman–Crippen LogP) is 1.75. The molecule has 1 aromatic rings. The van der Waals surface area contributed by atoms with Crippen LogP contribution in [0.5, 0.6) is 0 Å². The number of rotatable bonds is 3. The largest absolute Gasteiger partial charge is 0.373 e. The highest BCUT2D eigenvalue weighted by Crippen LogP contribution is 2.23. The third kappa shape index (κ3) is 1.86. The van der Waals surface area contributed by atoms with E-state index in [1.54, 1.807) is 11.3 Å². The summed E-state index contributed by atoms with van der Waals surface area (Å²) in [5, 5.41) is 2.07. The van der Waals surface area contributed by atoms with Crippen molar-refractivity contribution in [1.82, 2.24) is 0 Å². The summed E-state index contributed by atoms with van der Waals surface area (Å²) < 4.78 is 5.62. The van der Waals surface area contributed by atoms with E-state index in [2.05, 4.69) is 17.5 Å². The van der Waals surface area contributed by atoms with Crippen molar-refractivity contribution in [3.05, 3.63) is 22.4 Å². The van der Waals surface area contributed by atoms with E-state index in [0.717, 1.165) is 19.4 Å². The molecule has 0 unspecified atom stereocenters. The molecule has 0 atom stereocenters. The number of hydrogen-bond acceptors (Lipinski definition) is 3. The summed E-state index contributed by atoms with van der Waals surface area (Å²) in [5.41, 5.74) is 5.64. The van der Waals surface area contributed by atoms with Crippen LogP contribution in [0.15, 0.2) is 17.5 Å². The topological polar surface area (TPSA) is 35.2 Å². The van der Waals surface area contributed by atoms with E-state index in [9.17, 15) is 0 Å². The smallest absolute Gasteiger partial charge is 0.0813 e. The number of thiophene rings is 1. The Balaban J connectivity index is 1.70. The van der Waals surface area contributed by atoms with Crippen molar-refractivity contribution >= 4 is 11.3 Å². The fourth-order valence-corrected chi connectivity index (χ4v) is 1.96. The zero-order valence-electron chi connectivity index (χ0n) is 6.90. The number of ether oxygens (including phenoxy) is 1. The van der Waals surface area contributed by atoms with Crippen LogP contribution in [-0.4, -0.2) is 12.1 Å². The van der Waals surface area contributed by atoms with Gasteiger partial charge in [-0.05, 0) is 24.3 Å². The summed E-state index contributed by atoms with van der Waals surface area (Å²) >= 11 is 1.74. The molecule has 1 heterocycles. The van der Waals surface area contributed by atoms with Gasteiger partial charge in [-0.25, -0.2) is 0 Å². The fourth-order valence-electron chi connectivity index (χ4n) is 1.34. The van der Waals surface area contributed by atoms with Crippen molar-refractivity contribution in [2.75, 3.05) is 0 Å². The van der Waals surface area contributed by atoms with Gasteiger partial charge in [0.25, 0.3) is 0 Å². The molecule has 1 fully saturated rings. The highest BCUT2D eigenvalue weighted by Gasteiger charge is 2.26. The highest BCUT2D eigenvalue weighted by atomic mass is 32.1. The molecule has 0 amide bonds. The molecule has 12 heavy (non-hydrogen) atoms. The van der Waals surface area contributed by atoms with Crippen molar-refractivity contribution in [2.45, 2.75) is 31.6 Å². The maximum Gasteiger partial charge on any atom is 0.0813 e. The van der Waals surface area contributed by atoms with Crippen LogP contribution in [0, 0.1) is 0 Å². The molecule has 2 nitrogen and oxygen atoms in total. The van der Waals surface area contributed by atoms with E-state index in [0.29, 0.717) is 12.1 Å². The Bertz CT molecular complexity index is 229. The highest BCUT2D eigenvalue weighted by molar-refractivity contribution is 7.09. The van der Waals surface area contributed by atoms with Gasteiger partial charge in [0, 0.05) is 10.9 Å². The summed E-state index contributed by atoms with van der Waals surface area (Å²) in [7, 11) is 0. The second kappa shape index (κ2) is 3.56. The first-order valence-electron chi connectivity index (χ1n) is 4.24. The summed E-state index contributed by atoms with van der Waals surface area (Å²) in [5.74, 6) is 0. The van der Waals surface area contributed by atoms with Crippen molar-refractivity contribution in [3.8, 4) is 0 Å². The van der Waals surface area contributed by atoms with Crippen LogP contribution in [0.3, 0.4) is 0 Å². The lowest BCUT2D eigenvalue weighted by Gasteiger charge is -2.31.